The number of benzene rings is 2. The molecule has 6 heteroatoms. The Labute approximate surface area is 144 Å². The summed E-state index contributed by atoms with van der Waals surface area (Å²) < 4.78 is 5.65. The van der Waals surface area contributed by atoms with Gasteiger partial charge >= 0.3 is 0 Å². The molecule has 1 heterocycles. The lowest BCUT2D eigenvalue weighted by atomic mass is 10.1. The van der Waals surface area contributed by atoms with Crippen LogP contribution in [0, 0.1) is 5.92 Å². The average Bonchev–Trinajstić information content (AvgIpc) is 2.88. The van der Waals surface area contributed by atoms with Crippen molar-refractivity contribution >= 4 is 34.3 Å². The standard InChI is InChI=1S/C18H17ClN2O3/c1-10(2)7-17(23)20-12-4-5-13(15(22)9-12)18-21-14-8-11(19)3-6-16(14)24-18/h3-6,8-10,22H,7H2,1-2H3,(H,20,23). The van der Waals surface area contributed by atoms with E-state index in [0.29, 0.717) is 39.7 Å². The molecule has 24 heavy (non-hydrogen) atoms. The number of nitrogens with zero attached hydrogens (tertiary/aromatic N) is 1. The van der Waals surface area contributed by atoms with Gasteiger partial charge in [-0.15, -0.1) is 0 Å². The van der Waals surface area contributed by atoms with Crippen molar-refractivity contribution in [3.05, 3.63) is 41.4 Å². The highest BCUT2D eigenvalue weighted by Gasteiger charge is 2.14. The van der Waals surface area contributed by atoms with E-state index in [0.717, 1.165) is 0 Å². The van der Waals surface area contributed by atoms with Gasteiger partial charge < -0.3 is 14.8 Å². The van der Waals surface area contributed by atoms with Crippen molar-refractivity contribution < 1.29 is 14.3 Å². The second kappa shape index (κ2) is 6.53. The summed E-state index contributed by atoms with van der Waals surface area (Å²) in [5, 5.41) is 13.6. The molecule has 1 aromatic heterocycles. The lowest BCUT2D eigenvalue weighted by molar-refractivity contribution is -0.116. The molecule has 0 unspecified atom stereocenters. The van der Waals surface area contributed by atoms with Gasteiger partial charge in [-0.2, -0.15) is 0 Å². The van der Waals surface area contributed by atoms with Crippen LogP contribution in [0.15, 0.2) is 40.8 Å². The predicted molar refractivity (Wildman–Crippen MR) is 94.2 cm³/mol. The number of halogens is 1. The van der Waals surface area contributed by atoms with Gasteiger partial charge in [0.1, 0.15) is 11.3 Å². The molecule has 0 saturated carbocycles. The zero-order valence-corrected chi connectivity index (χ0v) is 14.1. The van der Waals surface area contributed by atoms with E-state index < -0.39 is 0 Å². The van der Waals surface area contributed by atoms with Gasteiger partial charge in [0.15, 0.2) is 5.58 Å². The van der Waals surface area contributed by atoms with Crippen molar-refractivity contribution in [2.24, 2.45) is 5.92 Å². The number of amides is 1. The predicted octanol–water partition coefficient (Wildman–Crippen LogP) is 4.84. The van der Waals surface area contributed by atoms with Gasteiger partial charge in [-0.25, -0.2) is 4.98 Å². The second-order valence-corrected chi connectivity index (χ2v) is 6.45. The van der Waals surface area contributed by atoms with E-state index in [-0.39, 0.29) is 17.6 Å². The average molecular weight is 345 g/mol. The summed E-state index contributed by atoms with van der Waals surface area (Å²) in [7, 11) is 0. The van der Waals surface area contributed by atoms with Crippen LogP contribution >= 0.6 is 11.6 Å². The van der Waals surface area contributed by atoms with E-state index >= 15 is 0 Å². The number of fused-ring (bicyclic) bond motifs is 1. The normalized spacial score (nSPS) is 11.2. The quantitative estimate of drug-likeness (QED) is 0.710. The van der Waals surface area contributed by atoms with Crippen molar-refractivity contribution in [2.75, 3.05) is 5.32 Å². The fourth-order valence-corrected chi connectivity index (χ4v) is 2.56. The van der Waals surface area contributed by atoms with E-state index in [2.05, 4.69) is 10.3 Å². The number of carbonyl (C=O) groups excluding carboxylic acids is 1. The number of phenols is 1. The van der Waals surface area contributed by atoms with Crippen molar-refractivity contribution in [1.29, 1.82) is 0 Å². The third-order valence-electron chi connectivity index (χ3n) is 3.46. The number of aromatic hydroxyl groups is 1. The minimum absolute atomic E-state index is 0.0185. The Balaban J connectivity index is 1.87. The Morgan fingerprint density at radius 2 is 2.08 bits per heavy atom. The van der Waals surface area contributed by atoms with Crippen LogP contribution in [-0.4, -0.2) is 16.0 Å². The molecule has 0 bridgehead atoms. The van der Waals surface area contributed by atoms with Crippen LogP contribution in [0.2, 0.25) is 5.02 Å². The first-order valence-corrected chi connectivity index (χ1v) is 7.99. The number of oxazole rings is 1. The van der Waals surface area contributed by atoms with Gasteiger partial charge in [0.2, 0.25) is 11.8 Å². The summed E-state index contributed by atoms with van der Waals surface area (Å²) >= 11 is 5.94. The monoisotopic (exact) mass is 344 g/mol. The first-order valence-electron chi connectivity index (χ1n) is 7.61. The van der Waals surface area contributed by atoms with Crippen LogP contribution in [0.3, 0.4) is 0 Å². The molecule has 3 aromatic rings. The molecule has 0 saturated heterocycles. The molecule has 1 amide bonds. The third-order valence-corrected chi connectivity index (χ3v) is 3.69. The summed E-state index contributed by atoms with van der Waals surface area (Å²) in [5.74, 6) is 0.456. The molecule has 0 aliphatic heterocycles. The second-order valence-electron chi connectivity index (χ2n) is 6.01. The molecule has 0 aliphatic carbocycles. The van der Waals surface area contributed by atoms with Gasteiger partial charge in [0, 0.05) is 23.2 Å². The van der Waals surface area contributed by atoms with Gasteiger partial charge in [-0.3, -0.25) is 4.79 Å². The van der Waals surface area contributed by atoms with Gasteiger partial charge in [-0.05, 0) is 36.2 Å². The molecule has 0 aliphatic rings. The molecule has 3 rings (SSSR count). The highest BCUT2D eigenvalue weighted by Crippen LogP contribution is 2.33. The van der Waals surface area contributed by atoms with E-state index in [4.69, 9.17) is 16.0 Å². The zero-order valence-electron chi connectivity index (χ0n) is 13.3. The van der Waals surface area contributed by atoms with Crippen molar-refractivity contribution in [2.45, 2.75) is 20.3 Å². The van der Waals surface area contributed by atoms with E-state index in [1.807, 2.05) is 13.8 Å². The Kier molecular flexibility index (Phi) is 4.44. The third kappa shape index (κ3) is 3.51. The zero-order chi connectivity index (χ0) is 17.3. The number of hydrogen-bond donors (Lipinski definition) is 2. The molecule has 0 fully saturated rings. The number of nitrogens with one attached hydrogen (secondary N) is 1. The molecule has 0 radical (unpaired) electrons. The minimum Gasteiger partial charge on any atom is -0.507 e. The van der Waals surface area contributed by atoms with Crippen molar-refractivity contribution in [1.82, 2.24) is 4.98 Å². The topological polar surface area (TPSA) is 75.4 Å². The molecular weight excluding hydrogens is 328 g/mol. The van der Waals surface area contributed by atoms with Gasteiger partial charge in [0.25, 0.3) is 0 Å². The number of anilines is 1. The maximum absolute atomic E-state index is 11.8. The smallest absolute Gasteiger partial charge is 0.231 e. The highest BCUT2D eigenvalue weighted by molar-refractivity contribution is 6.31. The number of phenolic OH excluding ortho intramolecular Hbond substituents is 1. The number of aromatic nitrogens is 1. The van der Waals surface area contributed by atoms with Crippen LogP contribution in [-0.2, 0) is 4.79 Å². The summed E-state index contributed by atoms with van der Waals surface area (Å²) in [6.07, 6.45) is 0.425. The van der Waals surface area contributed by atoms with E-state index in [9.17, 15) is 9.90 Å². The van der Waals surface area contributed by atoms with Crippen LogP contribution in [0.4, 0.5) is 5.69 Å². The Morgan fingerprint density at radius 3 is 2.79 bits per heavy atom. The minimum atomic E-state index is -0.0892. The maximum atomic E-state index is 11.8. The first-order chi connectivity index (χ1) is 11.4. The maximum Gasteiger partial charge on any atom is 0.231 e. The van der Waals surface area contributed by atoms with Gasteiger partial charge in [0.05, 0.1) is 5.56 Å². The highest BCUT2D eigenvalue weighted by atomic mass is 35.5. The Bertz CT molecular complexity index is 902. The van der Waals surface area contributed by atoms with Crippen LogP contribution in [0.1, 0.15) is 20.3 Å². The lowest BCUT2D eigenvalue weighted by Crippen LogP contribution is -2.13. The van der Waals surface area contributed by atoms with E-state index in [1.165, 1.54) is 6.07 Å². The van der Waals surface area contributed by atoms with Gasteiger partial charge in [-0.1, -0.05) is 25.4 Å². The molecular formula is C18H17ClN2O3. The molecule has 2 N–H and O–H groups in total. The summed E-state index contributed by atoms with van der Waals surface area (Å²) in [6, 6.07) is 9.98. The van der Waals surface area contributed by atoms with Crippen LogP contribution in [0.5, 0.6) is 5.75 Å². The molecule has 0 spiro atoms. The Morgan fingerprint density at radius 1 is 1.29 bits per heavy atom. The van der Waals surface area contributed by atoms with Crippen molar-refractivity contribution in [3.63, 3.8) is 0 Å². The molecule has 0 atom stereocenters. The number of hydrogen-bond acceptors (Lipinski definition) is 4. The fraction of sp³-hybridized carbons (Fsp3) is 0.222. The molecule has 124 valence electrons. The number of rotatable bonds is 4. The van der Waals surface area contributed by atoms with E-state index in [1.54, 1.807) is 30.3 Å². The SMILES string of the molecule is CC(C)CC(=O)Nc1ccc(-c2nc3cc(Cl)ccc3o2)c(O)c1. The fourth-order valence-electron chi connectivity index (χ4n) is 2.39. The lowest BCUT2D eigenvalue weighted by Gasteiger charge is -2.08. The van der Waals surface area contributed by atoms with Crippen molar-refractivity contribution in [3.8, 4) is 17.2 Å². The molecule has 2 aromatic carbocycles. The summed E-state index contributed by atoms with van der Waals surface area (Å²) in [4.78, 5) is 16.1. The summed E-state index contributed by atoms with van der Waals surface area (Å²) in [5.41, 5.74) is 2.18. The Hall–Kier alpha value is -2.53. The molecule has 5 nitrogen and oxygen atoms in total. The largest absolute Gasteiger partial charge is 0.507 e. The summed E-state index contributed by atoms with van der Waals surface area (Å²) in [6.45, 7) is 3.94. The van der Waals surface area contributed by atoms with Crippen LogP contribution in [0.25, 0.3) is 22.6 Å². The number of carbonyl (C=O) groups is 1. The first kappa shape index (κ1) is 16.3. The van der Waals surface area contributed by atoms with Crippen LogP contribution < -0.4 is 5.32 Å².